The van der Waals surface area contributed by atoms with E-state index in [1.807, 2.05) is 13.8 Å². The first kappa shape index (κ1) is 12.6. The number of carboxylic acid groups (broad SMARTS) is 1. The molecule has 90 valence electrons. The Morgan fingerprint density at radius 1 is 1.50 bits per heavy atom. The molecule has 0 saturated carbocycles. The summed E-state index contributed by atoms with van der Waals surface area (Å²) < 4.78 is 1.59. The smallest absolute Gasteiger partial charge is 0.325 e. The summed E-state index contributed by atoms with van der Waals surface area (Å²) in [4.78, 5) is 15.2. The Labute approximate surface area is 94.5 Å². The van der Waals surface area contributed by atoms with Gasteiger partial charge in [-0.2, -0.15) is 5.10 Å². The summed E-state index contributed by atoms with van der Waals surface area (Å²) in [6.45, 7) is 5.52. The molecule has 1 atom stereocenters. The van der Waals surface area contributed by atoms with Crippen molar-refractivity contribution in [2.24, 2.45) is 5.73 Å². The molecule has 0 bridgehead atoms. The van der Waals surface area contributed by atoms with E-state index >= 15 is 0 Å². The maximum Gasteiger partial charge on any atom is 0.325 e. The third-order valence-corrected chi connectivity index (χ3v) is 2.39. The zero-order valence-corrected chi connectivity index (χ0v) is 9.90. The highest BCUT2D eigenvalue weighted by atomic mass is 16.4. The first-order chi connectivity index (χ1) is 7.40. The number of hydrogen-bond donors (Lipinski definition) is 2. The Morgan fingerprint density at radius 2 is 2.12 bits per heavy atom. The zero-order chi connectivity index (χ0) is 12.3. The second-order valence-corrected chi connectivity index (χ2v) is 4.03. The maximum atomic E-state index is 10.9. The van der Waals surface area contributed by atoms with Gasteiger partial charge >= 0.3 is 5.97 Å². The van der Waals surface area contributed by atoms with E-state index in [-0.39, 0.29) is 6.54 Å². The Bertz CT molecular complexity index is 384. The van der Waals surface area contributed by atoms with Crippen LogP contribution in [-0.4, -0.2) is 31.4 Å². The summed E-state index contributed by atoms with van der Waals surface area (Å²) in [6.07, 6.45) is 1.44. The van der Waals surface area contributed by atoms with Gasteiger partial charge in [-0.15, -0.1) is 0 Å². The fourth-order valence-corrected chi connectivity index (χ4v) is 1.34. The van der Waals surface area contributed by atoms with Crippen LogP contribution in [-0.2, 0) is 24.2 Å². The van der Waals surface area contributed by atoms with Crippen LogP contribution in [0.3, 0.4) is 0 Å². The van der Waals surface area contributed by atoms with Crippen LogP contribution in [0, 0.1) is 0 Å². The van der Waals surface area contributed by atoms with Crippen LogP contribution in [0.25, 0.3) is 0 Å². The lowest BCUT2D eigenvalue weighted by Crippen LogP contribution is -2.49. The quantitative estimate of drug-likeness (QED) is 0.748. The molecule has 0 aliphatic rings. The second-order valence-electron chi connectivity index (χ2n) is 4.03. The van der Waals surface area contributed by atoms with Crippen molar-refractivity contribution in [1.29, 1.82) is 0 Å². The van der Waals surface area contributed by atoms with Crippen LogP contribution in [0.4, 0.5) is 0 Å². The fourth-order valence-electron chi connectivity index (χ4n) is 1.34. The van der Waals surface area contributed by atoms with Gasteiger partial charge in [0.25, 0.3) is 0 Å². The molecular weight excluding hydrogens is 208 g/mol. The maximum absolute atomic E-state index is 10.9. The lowest BCUT2D eigenvalue weighted by Gasteiger charge is -2.19. The lowest BCUT2D eigenvalue weighted by molar-refractivity contribution is -0.143. The summed E-state index contributed by atoms with van der Waals surface area (Å²) in [7, 11) is 0. The molecule has 3 N–H and O–H groups in total. The van der Waals surface area contributed by atoms with E-state index in [1.54, 1.807) is 4.68 Å². The van der Waals surface area contributed by atoms with Gasteiger partial charge in [0.1, 0.15) is 11.4 Å². The fraction of sp³-hybridized carbons (Fsp3) is 0.700. The predicted octanol–water partition coefficient (Wildman–Crippen LogP) is 0.205. The monoisotopic (exact) mass is 226 g/mol. The summed E-state index contributed by atoms with van der Waals surface area (Å²) in [5.74, 6) is 0.455. The highest BCUT2D eigenvalue weighted by molar-refractivity contribution is 5.77. The predicted molar refractivity (Wildman–Crippen MR) is 59.0 cm³/mol. The van der Waals surface area contributed by atoms with Crippen LogP contribution in [0.1, 0.15) is 32.4 Å². The molecule has 0 fully saturated rings. The second kappa shape index (κ2) is 4.61. The molecular formula is C10H18N4O2. The Hall–Kier alpha value is -1.43. The van der Waals surface area contributed by atoms with Gasteiger partial charge in [-0.25, -0.2) is 9.67 Å². The molecule has 1 aromatic heterocycles. The first-order valence-corrected chi connectivity index (χ1v) is 5.35. The van der Waals surface area contributed by atoms with Crippen LogP contribution in [0.2, 0.25) is 0 Å². The van der Waals surface area contributed by atoms with Crippen molar-refractivity contribution >= 4 is 5.97 Å². The van der Waals surface area contributed by atoms with Crippen LogP contribution in [0.5, 0.6) is 0 Å². The van der Waals surface area contributed by atoms with Crippen molar-refractivity contribution < 1.29 is 9.90 Å². The molecule has 16 heavy (non-hydrogen) atoms. The van der Waals surface area contributed by atoms with E-state index < -0.39 is 11.5 Å². The molecule has 0 aromatic carbocycles. The standard InChI is InChI=1S/C10H18N4O2/c1-4-7-12-8(5-2)14(13-7)6-10(3,11)9(15)16/h4-6,11H2,1-3H3,(H,15,16). The van der Waals surface area contributed by atoms with Gasteiger partial charge in [0.15, 0.2) is 5.82 Å². The number of hydrogen-bond acceptors (Lipinski definition) is 4. The highest BCUT2D eigenvalue weighted by Crippen LogP contribution is 2.08. The minimum Gasteiger partial charge on any atom is -0.480 e. The number of carboxylic acids is 1. The summed E-state index contributed by atoms with van der Waals surface area (Å²) in [5, 5.41) is 13.2. The van der Waals surface area contributed by atoms with Crippen LogP contribution < -0.4 is 5.73 Å². The molecule has 1 heterocycles. The zero-order valence-electron chi connectivity index (χ0n) is 9.90. The van der Waals surface area contributed by atoms with E-state index in [0.717, 1.165) is 18.1 Å². The molecule has 1 rings (SSSR count). The summed E-state index contributed by atoms with van der Waals surface area (Å²) >= 11 is 0. The Morgan fingerprint density at radius 3 is 2.56 bits per heavy atom. The number of carbonyl (C=O) groups is 1. The molecule has 0 saturated heterocycles. The highest BCUT2D eigenvalue weighted by Gasteiger charge is 2.29. The minimum absolute atomic E-state index is 0.137. The van der Waals surface area contributed by atoms with E-state index in [1.165, 1.54) is 6.92 Å². The van der Waals surface area contributed by atoms with Gasteiger partial charge in [0.2, 0.25) is 0 Å². The van der Waals surface area contributed by atoms with Crippen molar-refractivity contribution in [3.8, 4) is 0 Å². The van der Waals surface area contributed by atoms with Gasteiger partial charge in [-0.1, -0.05) is 13.8 Å². The number of aryl methyl sites for hydroxylation is 2. The molecule has 0 aliphatic heterocycles. The van der Waals surface area contributed by atoms with Crippen molar-refractivity contribution in [3.63, 3.8) is 0 Å². The number of rotatable bonds is 5. The van der Waals surface area contributed by atoms with E-state index in [4.69, 9.17) is 10.8 Å². The van der Waals surface area contributed by atoms with Gasteiger partial charge < -0.3 is 10.8 Å². The molecule has 1 aromatic rings. The van der Waals surface area contributed by atoms with Gasteiger partial charge in [0.05, 0.1) is 6.54 Å². The molecule has 0 amide bonds. The van der Waals surface area contributed by atoms with Gasteiger partial charge in [-0.05, 0) is 6.92 Å². The summed E-state index contributed by atoms with van der Waals surface area (Å²) in [5.41, 5.74) is 4.36. The van der Waals surface area contributed by atoms with E-state index in [2.05, 4.69) is 10.1 Å². The molecule has 0 radical (unpaired) electrons. The number of nitrogens with two attached hydrogens (primary N) is 1. The third-order valence-electron chi connectivity index (χ3n) is 2.39. The normalized spacial score (nSPS) is 14.8. The minimum atomic E-state index is -1.32. The van der Waals surface area contributed by atoms with Gasteiger partial charge in [-0.3, -0.25) is 4.79 Å². The molecule has 1 unspecified atom stereocenters. The average molecular weight is 226 g/mol. The van der Waals surface area contributed by atoms with E-state index in [0.29, 0.717) is 6.42 Å². The molecule has 0 spiro atoms. The Balaban J connectivity index is 2.95. The largest absolute Gasteiger partial charge is 0.480 e. The van der Waals surface area contributed by atoms with Crippen LogP contribution >= 0.6 is 0 Å². The molecule has 0 aliphatic carbocycles. The van der Waals surface area contributed by atoms with Crippen molar-refractivity contribution in [1.82, 2.24) is 14.8 Å². The molecule has 6 nitrogen and oxygen atoms in total. The Kier molecular flexibility index (Phi) is 3.64. The first-order valence-electron chi connectivity index (χ1n) is 5.35. The van der Waals surface area contributed by atoms with E-state index in [9.17, 15) is 4.79 Å². The molecule has 6 heteroatoms. The number of nitrogens with zero attached hydrogens (tertiary/aromatic N) is 3. The number of aliphatic carboxylic acids is 1. The SMILES string of the molecule is CCc1nc(CC)n(CC(C)(N)C(=O)O)n1. The van der Waals surface area contributed by atoms with Gasteiger partial charge in [0, 0.05) is 12.8 Å². The van der Waals surface area contributed by atoms with Crippen molar-refractivity contribution in [2.45, 2.75) is 45.7 Å². The third kappa shape index (κ3) is 2.57. The topological polar surface area (TPSA) is 94.0 Å². The lowest BCUT2D eigenvalue weighted by atomic mass is 10.1. The van der Waals surface area contributed by atoms with Crippen LogP contribution in [0.15, 0.2) is 0 Å². The summed E-state index contributed by atoms with van der Waals surface area (Å²) in [6, 6.07) is 0. The van der Waals surface area contributed by atoms with Crippen molar-refractivity contribution in [2.75, 3.05) is 0 Å². The van der Waals surface area contributed by atoms with Crippen molar-refractivity contribution in [3.05, 3.63) is 11.6 Å². The number of aromatic nitrogens is 3. The average Bonchev–Trinajstić information content (AvgIpc) is 2.59.